The lowest BCUT2D eigenvalue weighted by molar-refractivity contribution is 0.105. The maximum Gasteiger partial charge on any atom is 0.319 e. The van der Waals surface area contributed by atoms with E-state index < -0.39 is 23.3 Å². The van der Waals surface area contributed by atoms with Crippen molar-refractivity contribution in [1.29, 1.82) is 0 Å². The molecule has 2 bridgehead atoms. The third-order valence-corrected chi connectivity index (χ3v) is 10.8. The smallest absolute Gasteiger partial charge is 0.319 e. The third kappa shape index (κ3) is 5.11. The SMILES string of the molecule is C#Cc1c(F)ccc2cc(O)cc(-c3ncc4c(N5CC6CCC(C5)N6CCOC)nc(OC[C@@]56CCCN5C[C@H](F)C6)nc4c3F)c12. The number of phenolic OH excluding ortho intramolecular Hbond substituents is 1. The van der Waals surface area contributed by atoms with E-state index in [0.29, 0.717) is 49.3 Å². The van der Waals surface area contributed by atoms with Crippen LogP contribution in [0, 0.1) is 24.0 Å². The Bertz CT molecular complexity index is 1940. The van der Waals surface area contributed by atoms with Crippen molar-refractivity contribution >= 4 is 27.5 Å². The number of benzene rings is 2. The Kier molecular flexibility index (Phi) is 7.81. The molecule has 1 N–H and O–H groups in total. The Morgan fingerprint density at radius 2 is 1.94 bits per heavy atom. The van der Waals surface area contributed by atoms with Gasteiger partial charge in [-0.25, -0.2) is 13.2 Å². The average Bonchev–Trinajstić information content (AvgIpc) is 3.68. The van der Waals surface area contributed by atoms with E-state index in [1.165, 1.54) is 30.5 Å². The number of terminal acetylenes is 1. The van der Waals surface area contributed by atoms with Gasteiger partial charge >= 0.3 is 6.01 Å². The first-order valence-corrected chi connectivity index (χ1v) is 16.6. The predicted octanol–water partition coefficient (Wildman–Crippen LogP) is 5.06. The summed E-state index contributed by atoms with van der Waals surface area (Å²) in [6, 6.07) is 6.05. The van der Waals surface area contributed by atoms with Gasteiger partial charge in [0, 0.05) is 68.9 Å². The van der Waals surface area contributed by atoms with Crippen LogP contribution < -0.4 is 9.64 Å². The topological polar surface area (TPSA) is 87.1 Å². The predicted molar refractivity (Wildman–Crippen MR) is 176 cm³/mol. The number of anilines is 1. The summed E-state index contributed by atoms with van der Waals surface area (Å²) >= 11 is 0. The lowest BCUT2D eigenvalue weighted by Crippen LogP contribution is -2.54. The number of halogens is 3. The van der Waals surface area contributed by atoms with Gasteiger partial charge in [-0.05, 0) is 55.8 Å². The van der Waals surface area contributed by atoms with Crippen molar-refractivity contribution in [3.63, 3.8) is 0 Å². The van der Waals surface area contributed by atoms with E-state index >= 15 is 4.39 Å². The molecule has 4 saturated heterocycles. The Labute approximate surface area is 276 Å². The van der Waals surface area contributed by atoms with Crippen molar-refractivity contribution in [3.05, 3.63) is 47.7 Å². The number of phenols is 1. The minimum atomic E-state index is -0.923. The minimum absolute atomic E-state index is 0.00219. The van der Waals surface area contributed by atoms with E-state index in [1.54, 1.807) is 7.11 Å². The van der Waals surface area contributed by atoms with Crippen LogP contribution in [-0.2, 0) is 4.74 Å². The number of methoxy groups -OCH3 is 1. The second-order valence-electron chi connectivity index (χ2n) is 13.6. The molecule has 0 spiro atoms. The molecule has 0 aliphatic carbocycles. The maximum atomic E-state index is 16.9. The number of piperazine rings is 1. The van der Waals surface area contributed by atoms with Crippen molar-refractivity contribution in [2.45, 2.75) is 55.9 Å². The van der Waals surface area contributed by atoms with Crippen LogP contribution in [0.15, 0.2) is 30.5 Å². The molecule has 250 valence electrons. The summed E-state index contributed by atoms with van der Waals surface area (Å²) < 4.78 is 58.0. The van der Waals surface area contributed by atoms with Gasteiger partial charge < -0.3 is 19.5 Å². The van der Waals surface area contributed by atoms with Crippen molar-refractivity contribution in [2.24, 2.45) is 0 Å². The summed E-state index contributed by atoms with van der Waals surface area (Å²) in [5.41, 5.74) is -0.504. The summed E-state index contributed by atoms with van der Waals surface area (Å²) in [6.07, 6.45) is 10.5. The zero-order valence-electron chi connectivity index (χ0n) is 26.8. The maximum absolute atomic E-state index is 16.9. The van der Waals surface area contributed by atoms with Crippen LogP contribution in [0.2, 0.25) is 0 Å². The van der Waals surface area contributed by atoms with E-state index in [4.69, 9.17) is 20.9 Å². The molecular weight excluding hydrogens is 621 g/mol. The number of hydrogen-bond donors (Lipinski definition) is 1. The van der Waals surface area contributed by atoms with Gasteiger partial charge in [0.05, 0.1) is 23.1 Å². The van der Waals surface area contributed by atoms with E-state index in [-0.39, 0.29) is 58.2 Å². The number of ether oxygens (including phenoxy) is 2. The quantitative estimate of drug-likeness (QED) is 0.261. The highest BCUT2D eigenvalue weighted by Crippen LogP contribution is 2.42. The number of nitrogens with zero attached hydrogens (tertiary/aromatic N) is 6. The van der Waals surface area contributed by atoms with Crippen LogP contribution in [-0.4, -0.2) is 107 Å². The molecule has 8 rings (SSSR count). The van der Waals surface area contributed by atoms with Crippen LogP contribution in [0.1, 0.15) is 37.7 Å². The fourth-order valence-corrected chi connectivity index (χ4v) is 8.64. The molecule has 12 heteroatoms. The molecule has 48 heavy (non-hydrogen) atoms. The van der Waals surface area contributed by atoms with Crippen LogP contribution in [0.4, 0.5) is 19.0 Å². The fourth-order valence-electron chi connectivity index (χ4n) is 8.64. The van der Waals surface area contributed by atoms with Gasteiger partial charge in [-0.15, -0.1) is 6.42 Å². The molecule has 4 aliphatic rings. The van der Waals surface area contributed by atoms with Crippen LogP contribution in [0.25, 0.3) is 32.9 Å². The number of aromatic nitrogens is 3. The highest BCUT2D eigenvalue weighted by atomic mass is 19.1. The first-order chi connectivity index (χ1) is 23.3. The van der Waals surface area contributed by atoms with Gasteiger partial charge in [0.2, 0.25) is 0 Å². The van der Waals surface area contributed by atoms with E-state index in [1.807, 2.05) is 0 Å². The molecule has 4 aliphatic heterocycles. The van der Waals surface area contributed by atoms with Gasteiger partial charge in [-0.3, -0.25) is 14.8 Å². The van der Waals surface area contributed by atoms with Crippen LogP contribution in [0.3, 0.4) is 0 Å². The molecule has 4 fully saturated rings. The number of alkyl halides is 1. The summed E-state index contributed by atoms with van der Waals surface area (Å²) in [4.78, 5) is 20.8. The zero-order valence-corrected chi connectivity index (χ0v) is 26.8. The molecule has 0 radical (unpaired) electrons. The number of pyridine rings is 1. The van der Waals surface area contributed by atoms with E-state index in [0.717, 1.165) is 38.8 Å². The number of rotatable bonds is 8. The van der Waals surface area contributed by atoms with Crippen LogP contribution in [0.5, 0.6) is 11.8 Å². The molecule has 9 nitrogen and oxygen atoms in total. The van der Waals surface area contributed by atoms with Gasteiger partial charge in [0.25, 0.3) is 0 Å². The Balaban J connectivity index is 1.24. The number of fused-ring (bicyclic) bond motifs is 5. The third-order valence-electron chi connectivity index (χ3n) is 10.8. The monoisotopic (exact) mass is 658 g/mol. The van der Waals surface area contributed by atoms with Crippen molar-refractivity contribution in [2.75, 3.05) is 57.9 Å². The van der Waals surface area contributed by atoms with Gasteiger partial charge in [0.1, 0.15) is 41.4 Å². The molecular formula is C36H37F3N6O3. The van der Waals surface area contributed by atoms with Crippen molar-refractivity contribution in [3.8, 4) is 35.4 Å². The van der Waals surface area contributed by atoms with Gasteiger partial charge in [-0.2, -0.15) is 9.97 Å². The highest BCUT2D eigenvalue weighted by molar-refractivity contribution is 6.03. The lowest BCUT2D eigenvalue weighted by Gasteiger charge is -2.41. The van der Waals surface area contributed by atoms with Crippen LogP contribution >= 0.6 is 0 Å². The minimum Gasteiger partial charge on any atom is -0.508 e. The fraction of sp³-hybridized carbons (Fsp3) is 0.472. The summed E-state index contributed by atoms with van der Waals surface area (Å²) in [7, 11) is 1.70. The Morgan fingerprint density at radius 3 is 2.71 bits per heavy atom. The molecule has 2 aromatic carbocycles. The van der Waals surface area contributed by atoms with Crippen molar-refractivity contribution in [1.82, 2.24) is 24.8 Å². The molecule has 4 atom stereocenters. The zero-order chi connectivity index (χ0) is 33.2. The van der Waals surface area contributed by atoms with Gasteiger partial charge in [0.15, 0.2) is 5.82 Å². The normalized spacial score (nSPS) is 25.6. The summed E-state index contributed by atoms with van der Waals surface area (Å²) in [5.74, 6) is 1.34. The molecule has 6 heterocycles. The molecule has 4 aromatic rings. The highest BCUT2D eigenvalue weighted by Gasteiger charge is 2.49. The second kappa shape index (κ2) is 12.1. The van der Waals surface area contributed by atoms with Crippen molar-refractivity contribution < 1.29 is 27.8 Å². The first kappa shape index (κ1) is 31.1. The first-order valence-electron chi connectivity index (χ1n) is 16.6. The number of hydrogen-bond acceptors (Lipinski definition) is 9. The summed E-state index contributed by atoms with van der Waals surface area (Å²) in [6.45, 7) is 4.22. The standard InChI is InChI=1S/C36H37F3N6O3/c1-3-26-29(38)8-5-21-13-25(46)14-27(30(21)26)32-31(39)33-28(16-40-32)34(43-18-23-6-7-24(19-43)45(23)11-12-47-2)42-35(41-33)48-20-36-9-4-10-44(36)17-22(37)15-36/h1,5,8,13-14,16,22-24,46H,4,6-7,9-12,15,17-20H2,2H3/t22-,23?,24?,36+/m1/s1. The average molecular weight is 659 g/mol. The Hall–Kier alpha value is -4.18. The van der Waals surface area contributed by atoms with E-state index in [2.05, 4.69) is 30.6 Å². The largest absolute Gasteiger partial charge is 0.508 e. The molecule has 0 amide bonds. The van der Waals surface area contributed by atoms with Gasteiger partial charge in [-0.1, -0.05) is 12.0 Å². The molecule has 0 saturated carbocycles. The van der Waals surface area contributed by atoms with E-state index in [9.17, 15) is 13.9 Å². The molecule has 2 aromatic heterocycles. The molecule has 2 unspecified atom stereocenters. The second-order valence-corrected chi connectivity index (χ2v) is 13.6. The summed E-state index contributed by atoms with van der Waals surface area (Å²) in [5, 5.41) is 11.7. The Morgan fingerprint density at radius 1 is 1.12 bits per heavy atom. The lowest BCUT2D eigenvalue weighted by atomic mass is 9.95. The number of aromatic hydroxyl groups is 1.